The lowest BCUT2D eigenvalue weighted by Crippen LogP contribution is -1.99. The number of rotatable bonds is 3. The zero-order valence-electron chi connectivity index (χ0n) is 11.9. The van der Waals surface area contributed by atoms with Gasteiger partial charge in [0.25, 0.3) is 0 Å². The van der Waals surface area contributed by atoms with E-state index in [0.717, 1.165) is 22.8 Å². The molecule has 3 nitrogen and oxygen atoms in total. The maximum Gasteiger partial charge on any atom is 0.140 e. The van der Waals surface area contributed by atoms with Crippen LogP contribution in [0.15, 0.2) is 24.3 Å². The third-order valence-corrected chi connectivity index (χ3v) is 3.50. The van der Waals surface area contributed by atoms with Crippen molar-refractivity contribution in [2.45, 2.75) is 33.1 Å². The highest BCUT2D eigenvalue weighted by molar-refractivity contribution is 5.57. The summed E-state index contributed by atoms with van der Waals surface area (Å²) in [5.74, 6) is 1.46. The predicted octanol–water partition coefficient (Wildman–Crippen LogP) is 3.59. The zero-order chi connectivity index (χ0) is 14.0. The van der Waals surface area contributed by atoms with E-state index in [9.17, 15) is 0 Å². The maximum atomic E-state index is 8.85. The van der Waals surface area contributed by atoms with Crippen LogP contribution in [0.3, 0.4) is 0 Å². The molecule has 2 aromatic rings. The Kier molecular flexibility index (Phi) is 3.71. The average Bonchev–Trinajstić information content (AvgIpc) is 2.67. The molecular weight excluding hydrogens is 234 g/mol. The van der Waals surface area contributed by atoms with Crippen LogP contribution in [-0.4, -0.2) is 9.55 Å². The number of hydrogen-bond donors (Lipinski definition) is 0. The second-order valence-corrected chi connectivity index (χ2v) is 5.14. The van der Waals surface area contributed by atoms with Crippen LogP contribution in [0, 0.1) is 18.3 Å². The van der Waals surface area contributed by atoms with Crippen molar-refractivity contribution < 1.29 is 0 Å². The molecule has 1 aromatic heterocycles. The van der Waals surface area contributed by atoms with Gasteiger partial charge in [-0.15, -0.1) is 0 Å². The lowest BCUT2D eigenvalue weighted by molar-refractivity contribution is 0.856. The van der Waals surface area contributed by atoms with Gasteiger partial charge in [0, 0.05) is 12.6 Å². The molecule has 0 atom stereocenters. The van der Waals surface area contributed by atoms with Gasteiger partial charge >= 0.3 is 0 Å². The van der Waals surface area contributed by atoms with Gasteiger partial charge in [-0.05, 0) is 18.4 Å². The summed E-state index contributed by atoms with van der Waals surface area (Å²) in [6.45, 7) is 6.33. The van der Waals surface area contributed by atoms with E-state index in [4.69, 9.17) is 5.26 Å². The molecule has 1 heterocycles. The molecule has 0 aliphatic rings. The quantitative estimate of drug-likeness (QED) is 0.839. The summed E-state index contributed by atoms with van der Waals surface area (Å²) in [6.07, 6.45) is 0.402. The summed E-state index contributed by atoms with van der Waals surface area (Å²) >= 11 is 0. The molecule has 0 unspecified atom stereocenters. The minimum atomic E-state index is 0.402. The minimum absolute atomic E-state index is 0.402. The van der Waals surface area contributed by atoms with Gasteiger partial charge in [-0.3, -0.25) is 0 Å². The van der Waals surface area contributed by atoms with E-state index in [-0.39, 0.29) is 0 Å². The highest BCUT2D eigenvalue weighted by Crippen LogP contribution is 2.24. The topological polar surface area (TPSA) is 41.6 Å². The molecule has 0 radical (unpaired) electrons. The van der Waals surface area contributed by atoms with E-state index in [1.54, 1.807) is 0 Å². The number of benzene rings is 1. The average molecular weight is 253 g/mol. The lowest BCUT2D eigenvalue weighted by Gasteiger charge is -2.07. The molecule has 0 amide bonds. The maximum absolute atomic E-state index is 8.85. The van der Waals surface area contributed by atoms with E-state index in [1.807, 2.05) is 18.5 Å². The Balaban J connectivity index is 2.42. The standard InChI is InChI=1S/C16H19N3/c1-11(2)13-5-7-14(8-6-13)16-18-12(3)15(9-10-17)19(16)4/h5-8,11H,9H2,1-4H3. The SMILES string of the molecule is Cc1nc(-c2ccc(C(C)C)cc2)n(C)c1CC#N. The Labute approximate surface area is 114 Å². The fourth-order valence-corrected chi connectivity index (χ4v) is 2.27. The van der Waals surface area contributed by atoms with Crippen LogP contribution in [0.1, 0.15) is 36.7 Å². The van der Waals surface area contributed by atoms with Crippen molar-refractivity contribution in [3.8, 4) is 17.5 Å². The zero-order valence-corrected chi connectivity index (χ0v) is 11.9. The second kappa shape index (κ2) is 5.27. The number of imidazole rings is 1. The summed E-state index contributed by atoms with van der Waals surface area (Å²) in [5.41, 5.74) is 4.35. The molecule has 0 N–H and O–H groups in total. The Hall–Kier alpha value is -2.08. The van der Waals surface area contributed by atoms with Crippen molar-refractivity contribution >= 4 is 0 Å². The van der Waals surface area contributed by atoms with Gasteiger partial charge in [-0.2, -0.15) is 5.26 Å². The van der Waals surface area contributed by atoms with Gasteiger partial charge in [-0.25, -0.2) is 4.98 Å². The van der Waals surface area contributed by atoms with Gasteiger partial charge < -0.3 is 4.57 Å². The van der Waals surface area contributed by atoms with Gasteiger partial charge in [0.15, 0.2) is 0 Å². The van der Waals surface area contributed by atoms with Crippen molar-refractivity contribution in [1.82, 2.24) is 9.55 Å². The fraction of sp³-hybridized carbons (Fsp3) is 0.375. The minimum Gasteiger partial charge on any atom is -0.330 e. The Morgan fingerprint density at radius 1 is 1.26 bits per heavy atom. The van der Waals surface area contributed by atoms with Gasteiger partial charge in [-0.1, -0.05) is 38.1 Å². The first-order valence-corrected chi connectivity index (χ1v) is 6.54. The van der Waals surface area contributed by atoms with Crippen molar-refractivity contribution in [3.63, 3.8) is 0 Å². The van der Waals surface area contributed by atoms with E-state index >= 15 is 0 Å². The van der Waals surface area contributed by atoms with E-state index in [2.05, 4.69) is 49.2 Å². The van der Waals surface area contributed by atoms with Crippen LogP contribution in [0.25, 0.3) is 11.4 Å². The van der Waals surface area contributed by atoms with Crippen molar-refractivity contribution in [3.05, 3.63) is 41.2 Å². The Bertz CT molecular complexity index is 613. The number of hydrogen-bond acceptors (Lipinski definition) is 2. The largest absolute Gasteiger partial charge is 0.330 e. The first-order valence-electron chi connectivity index (χ1n) is 6.54. The van der Waals surface area contributed by atoms with Crippen LogP contribution in [0.2, 0.25) is 0 Å². The van der Waals surface area contributed by atoms with Crippen molar-refractivity contribution in [2.75, 3.05) is 0 Å². The van der Waals surface area contributed by atoms with E-state index in [1.165, 1.54) is 5.56 Å². The molecule has 19 heavy (non-hydrogen) atoms. The van der Waals surface area contributed by atoms with E-state index in [0.29, 0.717) is 12.3 Å². The van der Waals surface area contributed by atoms with Gasteiger partial charge in [0.1, 0.15) is 5.82 Å². The fourth-order valence-electron chi connectivity index (χ4n) is 2.27. The van der Waals surface area contributed by atoms with Crippen molar-refractivity contribution in [1.29, 1.82) is 5.26 Å². The highest BCUT2D eigenvalue weighted by Gasteiger charge is 2.12. The summed E-state index contributed by atoms with van der Waals surface area (Å²) in [4.78, 5) is 4.59. The summed E-state index contributed by atoms with van der Waals surface area (Å²) in [5, 5.41) is 8.85. The van der Waals surface area contributed by atoms with Gasteiger partial charge in [0.2, 0.25) is 0 Å². The third kappa shape index (κ3) is 2.53. The molecular formula is C16H19N3. The summed E-state index contributed by atoms with van der Waals surface area (Å²) in [6, 6.07) is 10.7. The van der Waals surface area contributed by atoms with Crippen LogP contribution < -0.4 is 0 Å². The molecule has 0 fully saturated rings. The predicted molar refractivity (Wildman–Crippen MR) is 76.8 cm³/mol. The number of nitrogens with zero attached hydrogens (tertiary/aromatic N) is 3. The normalized spacial score (nSPS) is 10.7. The molecule has 0 aliphatic heterocycles. The number of aromatic nitrogens is 2. The molecule has 3 heteroatoms. The van der Waals surface area contributed by atoms with Crippen LogP contribution in [0.4, 0.5) is 0 Å². The Morgan fingerprint density at radius 2 is 1.89 bits per heavy atom. The molecule has 2 rings (SSSR count). The molecule has 1 aromatic carbocycles. The molecule has 0 bridgehead atoms. The first kappa shape index (κ1) is 13.4. The Morgan fingerprint density at radius 3 is 2.42 bits per heavy atom. The highest BCUT2D eigenvalue weighted by atomic mass is 15.1. The third-order valence-electron chi connectivity index (χ3n) is 3.50. The summed E-state index contributed by atoms with van der Waals surface area (Å²) < 4.78 is 2.02. The lowest BCUT2D eigenvalue weighted by atomic mass is 10.0. The molecule has 0 saturated carbocycles. The second-order valence-electron chi connectivity index (χ2n) is 5.14. The van der Waals surface area contributed by atoms with Gasteiger partial charge in [0.05, 0.1) is 23.9 Å². The molecule has 0 saturated heterocycles. The molecule has 0 aliphatic carbocycles. The smallest absolute Gasteiger partial charge is 0.140 e. The number of nitriles is 1. The van der Waals surface area contributed by atoms with Crippen molar-refractivity contribution in [2.24, 2.45) is 7.05 Å². The summed E-state index contributed by atoms with van der Waals surface area (Å²) in [7, 11) is 1.97. The van der Waals surface area contributed by atoms with E-state index < -0.39 is 0 Å². The molecule has 98 valence electrons. The van der Waals surface area contributed by atoms with Crippen LogP contribution >= 0.6 is 0 Å². The monoisotopic (exact) mass is 253 g/mol. The first-order chi connectivity index (χ1) is 9.04. The van der Waals surface area contributed by atoms with Crippen LogP contribution in [-0.2, 0) is 13.5 Å². The number of aryl methyl sites for hydroxylation is 1. The van der Waals surface area contributed by atoms with Crippen LogP contribution in [0.5, 0.6) is 0 Å². The molecule has 0 spiro atoms.